The number of aromatic nitrogens is 3. The van der Waals surface area contributed by atoms with Gasteiger partial charge in [0.1, 0.15) is 5.69 Å². The number of esters is 1. The van der Waals surface area contributed by atoms with Crippen molar-refractivity contribution in [1.82, 2.24) is 15.0 Å². The molecule has 1 aromatic rings. The lowest BCUT2D eigenvalue weighted by Gasteiger charge is -2.31. The number of nitrogens with zero attached hydrogens (tertiary/aromatic N) is 3. The standard InChI is InChI=1S/C14H21F2N3O2/c1-3-9-7-5-6-8-10(9)19-12(13(15)16)11(17-18-19)14(20)21-4-2/h9-10,13H,3-8H2,1-2H3. The first-order valence-corrected chi connectivity index (χ1v) is 7.50. The monoisotopic (exact) mass is 301 g/mol. The fourth-order valence-corrected chi connectivity index (χ4v) is 3.08. The maximum Gasteiger partial charge on any atom is 0.361 e. The molecule has 1 fully saturated rings. The highest BCUT2D eigenvalue weighted by atomic mass is 19.3. The highest BCUT2D eigenvalue weighted by Gasteiger charge is 2.34. The zero-order chi connectivity index (χ0) is 15.4. The Balaban J connectivity index is 2.37. The molecule has 0 bridgehead atoms. The molecule has 0 saturated heterocycles. The largest absolute Gasteiger partial charge is 0.461 e. The molecular weight excluding hydrogens is 280 g/mol. The van der Waals surface area contributed by atoms with Gasteiger partial charge in [-0.3, -0.25) is 0 Å². The predicted octanol–water partition coefficient (Wildman–Crippen LogP) is 3.53. The summed E-state index contributed by atoms with van der Waals surface area (Å²) in [6.07, 6.45) is 2.00. The first-order valence-electron chi connectivity index (χ1n) is 7.50. The summed E-state index contributed by atoms with van der Waals surface area (Å²) in [6.45, 7) is 3.79. The lowest BCUT2D eigenvalue weighted by atomic mass is 9.83. The molecule has 0 aliphatic heterocycles. The van der Waals surface area contributed by atoms with Crippen molar-refractivity contribution in [3.05, 3.63) is 11.4 Å². The number of ether oxygens (including phenoxy) is 1. The van der Waals surface area contributed by atoms with E-state index in [4.69, 9.17) is 4.74 Å². The number of alkyl halides is 2. The summed E-state index contributed by atoms with van der Waals surface area (Å²) < 4.78 is 32.9. The average Bonchev–Trinajstić information content (AvgIpc) is 2.92. The quantitative estimate of drug-likeness (QED) is 0.781. The van der Waals surface area contributed by atoms with Gasteiger partial charge >= 0.3 is 5.97 Å². The summed E-state index contributed by atoms with van der Waals surface area (Å²) in [6, 6.07) is -0.108. The third-order valence-corrected chi connectivity index (χ3v) is 4.11. The summed E-state index contributed by atoms with van der Waals surface area (Å²) in [5.74, 6) is -0.532. The van der Waals surface area contributed by atoms with Crippen molar-refractivity contribution in [3.8, 4) is 0 Å². The molecule has 2 unspecified atom stereocenters. The Kier molecular flexibility index (Phi) is 5.25. The van der Waals surface area contributed by atoms with E-state index < -0.39 is 18.1 Å². The van der Waals surface area contributed by atoms with Gasteiger partial charge in [0.25, 0.3) is 6.43 Å². The molecule has 0 N–H and O–H groups in total. The third-order valence-electron chi connectivity index (χ3n) is 4.11. The van der Waals surface area contributed by atoms with E-state index in [1.165, 1.54) is 4.68 Å². The van der Waals surface area contributed by atoms with Crippen molar-refractivity contribution >= 4 is 5.97 Å². The molecule has 2 atom stereocenters. The van der Waals surface area contributed by atoms with Crippen LogP contribution in [0.3, 0.4) is 0 Å². The molecule has 1 heterocycles. The minimum absolute atomic E-state index is 0.108. The normalized spacial score (nSPS) is 22.5. The fourth-order valence-electron chi connectivity index (χ4n) is 3.08. The van der Waals surface area contributed by atoms with E-state index >= 15 is 0 Å². The maximum atomic E-state index is 13.4. The lowest BCUT2D eigenvalue weighted by Crippen LogP contribution is -2.26. The van der Waals surface area contributed by atoms with Crippen LogP contribution in [0.5, 0.6) is 0 Å². The van der Waals surface area contributed by atoms with Gasteiger partial charge in [-0.15, -0.1) is 5.10 Å². The van der Waals surface area contributed by atoms with E-state index in [-0.39, 0.29) is 18.3 Å². The Labute approximate surface area is 122 Å². The van der Waals surface area contributed by atoms with Crippen molar-refractivity contribution in [2.24, 2.45) is 5.92 Å². The van der Waals surface area contributed by atoms with Crippen LogP contribution in [-0.4, -0.2) is 27.6 Å². The molecule has 2 rings (SSSR count). The van der Waals surface area contributed by atoms with Crippen LogP contribution in [0.2, 0.25) is 0 Å². The van der Waals surface area contributed by atoms with E-state index in [1.807, 2.05) is 6.92 Å². The highest BCUT2D eigenvalue weighted by Crippen LogP contribution is 2.38. The molecule has 5 nitrogen and oxygen atoms in total. The molecular formula is C14H21F2N3O2. The second kappa shape index (κ2) is 6.95. The van der Waals surface area contributed by atoms with E-state index in [0.717, 1.165) is 32.1 Å². The summed E-state index contributed by atoms with van der Waals surface area (Å²) >= 11 is 0. The zero-order valence-electron chi connectivity index (χ0n) is 12.4. The van der Waals surface area contributed by atoms with Crippen molar-refractivity contribution in [3.63, 3.8) is 0 Å². The van der Waals surface area contributed by atoms with Crippen LogP contribution < -0.4 is 0 Å². The van der Waals surface area contributed by atoms with Gasteiger partial charge in [0, 0.05) is 0 Å². The average molecular weight is 301 g/mol. The molecule has 0 amide bonds. The van der Waals surface area contributed by atoms with Gasteiger partial charge in [-0.05, 0) is 25.7 Å². The van der Waals surface area contributed by atoms with Crippen LogP contribution in [0.4, 0.5) is 8.78 Å². The Morgan fingerprint density at radius 3 is 2.71 bits per heavy atom. The zero-order valence-corrected chi connectivity index (χ0v) is 12.4. The van der Waals surface area contributed by atoms with Gasteiger partial charge in [0.2, 0.25) is 0 Å². The number of halogens is 2. The van der Waals surface area contributed by atoms with Crippen LogP contribution in [0.15, 0.2) is 0 Å². The molecule has 0 spiro atoms. The Bertz CT molecular complexity index is 491. The maximum absolute atomic E-state index is 13.4. The molecule has 118 valence electrons. The second-order valence-corrected chi connectivity index (χ2v) is 5.31. The van der Waals surface area contributed by atoms with Crippen LogP contribution in [0, 0.1) is 5.92 Å². The topological polar surface area (TPSA) is 57.0 Å². The number of rotatable bonds is 5. The number of carbonyl (C=O) groups excluding carboxylic acids is 1. The smallest absolute Gasteiger partial charge is 0.361 e. The van der Waals surface area contributed by atoms with E-state index in [1.54, 1.807) is 6.92 Å². The third kappa shape index (κ3) is 3.22. The number of carbonyl (C=O) groups is 1. The van der Waals surface area contributed by atoms with Gasteiger partial charge in [-0.1, -0.05) is 31.4 Å². The van der Waals surface area contributed by atoms with Crippen LogP contribution in [0.25, 0.3) is 0 Å². The van der Waals surface area contributed by atoms with Crippen LogP contribution in [0.1, 0.15) is 74.6 Å². The lowest BCUT2D eigenvalue weighted by molar-refractivity contribution is 0.0505. The Hall–Kier alpha value is -1.53. The predicted molar refractivity (Wildman–Crippen MR) is 72.2 cm³/mol. The molecule has 0 radical (unpaired) electrons. The minimum atomic E-state index is -2.79. The molecule has 1 saturated carbocycles. The number of hydrogen-bond donors (Lipinski definition) is 0. The molecule has 1 aromatic heterocycles. The number of hydrogen-bond acceptors (Lipinski definition) is 4. The molecule has 0 aromatic carbocycles. The Morgan fingerprint density at radius 2 is 2.10 bits per heavy atom. The summed E-state index contributed by atoms with van der Waals surface area (Å²) in [5, 5.41) is 7.51. The van der Waals surface area contributed by atoms with Gasteiger partial charge in [0.15, 0.2) is 5.69 Å². The SMILES string of the molecule is CCOC(=O)c1nnn(C2CCCCC2CC)c1C(F)F. The van der Waals surface area contributed by atoms with E-state index in [2.05, 4.69) is 10.3 Å². The summed E-state index contributed by atoms with van der Waals surface area (Å²) in [4.78, 5) is 11.7. The molecule has 21 heavy (non-hydrogen) atoms. The van der Waals surface area contributed by atoms with Gasteiger partial charge in [-0.2, -0.15) is 0 Å². The van der Waals surface area contributed by atoms with Crippen molar-refractivity contribution in [1.29, 1.82) is 0 Å². The molecule has 7 heteroatoms. The summed E-state index contributed by atoms with van der Waals surface area (Å²) in [5.41, 5.74) is -0.758. The molecule has 1 aliphatic carbocycles. The summed E-state index contributed by atoms with van der Waals surface area (Å²) in [7, 11) is 0. The Morgan fingerprint density at radius 1 is 1.38 bits per heavy atom. The van der Waals surface area contributed by atoms with Gasteiger partial charge in [0.05, 0.1) is 12.6 Å². The van der Waals surface area contributed by atoms with Gasteiger partial charge < -0.3 is 4.74 Å². The van der Waals surface area contributed by atoms with Crippen LogP contribution in [-0.2, 0) is 4.74 Å². The first kappa shape index (κ1) is 15.9. The van der Waals surface area contributed by atoms with Crippen molar-refractivity contribution in [2.75, 3.05) is 6.61 Å². The molecule has 1 aliphatic rings. The second-order valence-electron chi connectivity index (χ2n) is 5.31. The van der Waals surface area contributed by atoms with E-state index in [0.29, 0.717) is 5.92 Å². The van der Waals surface area contributed by atoms with Gasteiger partial charge in [-0.25, -0.2) is 18.3 Å². The highest BCUT2D eigenvalue weighted by molar-refractivity contribution is 5.88. The van der Waals surface area contributed by atoms with Crippen LogP contribution >= 0.6 is 0 Å². The first-order chi connectivity index (χ1) is 10.1. The fraction of sp³-hybridized carbons (Fsp3) is 0.786. The van der Waals surface area contributed by atoms with E-state index in [9.17, 15) is 13.6 Å². The minimum Gasteiger partial charge on any atom is -0.461 e. The van der Waals surface area contributed by atoms with Crippen molar-refractivity contribution < 1.29 is 18.3 Å². The van der Waals surface area contributed by atoms with Crippen molar-refractivity contribution in [2.45, 2.75) is 58.4 Å².